The molecule has 0 saturated carbocycles. The van der Waals surface area contributed by atoms with Crippen molar-refractivity contribution in [3.05, 3.63) is 50.0 Å². The van der Waals surface area contributed by atoms with Gasteiger partial charge < -0.3 is 0 Å². The number of nitrogens with one attached hydrogen (secondary N) is 1. The van der Waals surface area contributed by atoms with Gasteiger partial charge in [0.25, 0.3) is 11.6 Å². The summed E-state index contributed by atoms with van der Waals surface area (Å²) in [4.78, 5) is 37.2. The zero-order valence-electron chi connectivity index (χ0n) is 10.6. The minimum Gasteiger partial charge on any atom is -0.298 e. The molecule has 21 heavy (non-hydrogen) atoms. The van der Waals surface area contributed by atoms with E-state index in [9.17, 15) is 19.7 Å². The van der Waals surface area contributed by atoms with Crippen molar-refractivity contribution in [2.24, 2.45) is 0 Å². The summed E-state index contributed by atoms with van der Waals surface area (Å²) < 4.78 is 0. The molecule has 0 aliphatic heterocycles. The Labute approximate surface area is 127 Å². The highest BCUT2D eigenvalue weighted by atomic mass is 35.5. The summed E-state index contributed by atoms with van der Waals surface area (Å²) in [6.07, 6.45) is 0. The number of hydrogen-bond acceptors (Lipinski definition) is 6. The van der Waals surface area contributed by atoms with Crippen molar-refractivity contribution >= 4 is 45.4 Å². The third-order valence-electron chi connectivity index (χ3n) is 2.51. The van der Waals surface area contributed by atoms with Crippen LogP contribution < -0.4 is 5.32 Å². The average Bonchev–Trinajstić information content (AvgIpc) is 2.87. The Bertz CT molecular complexity index is 744. The number of Topliss-reactive ketones (excluding diaryl/α,β-unsaturated/α-hetero) is 1. The lowest BCUT2D eigenvalue weighted by atomic mass is 10.2. The van der Waals surface area contributed by atoms with E-state index in [1.807, 2.05) is 0 Å². The van der Waals surface area contributed by atoms with Crippen LogP contribution in [0.5, 0.6) is 0 Å². The number of benzene rings is 1. The summed E-state index contributed by atoms with van der Waals surface area (Å²) in [5.41, 5.74) is -0.154. The van der Waals surface area contributed by atoms with Gasteiger partial charge in [0.15, 0.2) is 10.9 Å². The topological polar surface area (TPSA) is 102 Å². The molecule has 1 N–H and O–H groups in total. The van der Waals surface area contributed by atoms with Gasteiger partial charge in [-0.2, -0.15) is 0 Å². The van der Waals surface area contributed by atoms with Crippen LogP contribution in [0.4, 0.5) is 10.8 Å². The van der Waals surface area contributed by atoms with Crippen LogP contribution in [-0.4, -0.2) is 21.6 Å². The second-order valence-electron chi connectivity index (χ2n) is 3.94. The molecule has 0 saturated heterocycles. The molecule has 1 aromatic carbocycles. The number of aromatic nitrogens is 1. The lowest BCUT2D eigenvalue weighted by Gasteiger charge is -2.04. The largest absolute Gasteiger partial charge is 0.298 e. The normalized spacial score (nSPS) is 10.2. The van der Waals surface area contributed by atoms with Gasteiger partial charge in [-0.3, -0.25) is 25.0 Å². The predicted molar refractivity (Wildman–Crippen MR) is 78.2 cm³/mol. The molecule has 2 aromatic rings. The highest BCUT2D eigenvalue weighted by molar-refractivity contribution is 7.14. The Morgan fingerprint density at radius 2 is 2.14 bits per heavy atom. The lowest BCUT2D eigenvalue weighted by molar-refractivity contribution is -0.384. The molecule has 1 heterocycles. The molecular weight excluding hydrogens is 318 g/mol. The van der Waals surface area contributed by atoms with Gasteiger partial charge in [0, 0.05) is 18.4 Å². The quantitative estimate of drug-likeness (QED) is 0.528. The van der Waals surface area contributed by atoms with Crippen LogP contribution in [0, 0.1) is 10.1 Å². The number of carbonyl (C=O) groups excluding carboxylic acids is 2. The van der Waals surface area contributed by atoms with Crippen LogP contribution in [0.1, 0.15) is 27.8 Å². The van der Waals surface area contributed by atoms with Crippen LogP contribution >= 0.6 is 22.9 Å². The summed E-state index contributed by atoms with van der Waals surface area (Å²) >= 11 is 6.92. The standard InChI is InChI=1S/C12H8ClN3O4S/c1-6(17)8-5-21-12(14-8)15-11(18)7-3-2-4-9(10(7)13)16(19)20/h2-5H,1H3,(H,14,15,18). The number of rotatable bonds is 4. The number of carbonyl (C=O) groups is 2. The molecule has 0 aliphatic rings. The molecule has 0 atom stereocenters. The van der Waals surface area contributed by atoms with E-state index in [-0.39, 0.29) is 32.9 Å². The van der Waals surface area contributed by atoms with Gasteiger partial charge in [0.1, 0.15) is 10.7 Å². The van der Waals surface area contributed by atoms with Gasteiger partial charge in [0.2, 0.25) is 0 Å². The SMILES string of the molecule is CC(=O)c1csc(NC(=O)c2cccc([N+](=O)[O-])c2Cl)n1. The number of thiazole rings is 1. The maximum absolute atomic E-state index is 12.1. The second kappa shape index (κ2) is 5.98. The number of amides is 1. The maximum Gasteiger partial charge on any atom is 0.288 e. The third-order valence-corrected chi connectivity index (χ3v) is 3.66. The molecular formula is C12H8ClN3O4S. The highest BCUT2D eigenvalue weighted by Crippen LogP contribution is 2.28. The Morgan fingerprint density at radius 3 is 2.71 bits per heavy atom. The second-order valence-corrected chi connectivity index (χ2v) is 5.18. The van der Waals surface area contributed by atoms with Crippen molar-refractivity contribution in [1.29, 1.82) is 0 Å². The van der Waals surface area contributed by atoms with Crippen molar-refractivity contribution < 1.29 is 14.5 Å². The van der Waals surface area contributed by atoms with Gasteiger partial charge in [-0.1, -0.05) is 17.7 Å². The molecule has 9 heteroatoms. The molecule has 1 aromatic heterocycles. The van der Waals surface area contributed by atoms with Crippen LogP contribution in [0.3, 0.4) is 0 Å². The van der Waals surface area contributed by atoms with E-state index in [0.29, 0.717) is 0 Å². The molecule has 0 radical (unpaired) electrons. The number of nitrogens with zero attached hydrogens (tertiary/aromatic N) is 2. The van der Waals surface area contributed by atoms with E-state index in [1.54, 1.807) is 0 Å². The smallest absolute Gasteiger partial charge is 0.288 e. The fraction of sp³-hybridized carbons (Fsp3) is 0.0833. The molecule has 7 nitrogen and oxygen atoms in total. The van der Waals surface area contributed by atoms with E-state index in [4.69, 9.17) is 11.6 Å². The van der Waals surface area contributed by atoms with E-state index >= 15 is 0 Å². The van der Waals surface area contributed by atoms with Crippen LogP contribution in [0.25, 0.3) is 0 Å². The number of hydrogen-bond donors (Lipinski definition) is 1. The molecule has 0 fully saturated rings. The molecule has 1 amide bonds. The van der Waals surface area contributed by atoms with Crippen molar-refractivity contribution in [3.8, 4) is 0 Å². The lowest BCUT2D eigenvalue weighted by Crippen LogP contribution is -2.13. The number of nitro benzene ring substituents is 1. The van der Waals surface area contributed by atoms with Crippen molar-refractivity contribution in [3.63, 3.8) is 0 Å². The number of nitro groups is 1. The molecule has 0 unspecified atom stereocenters. The Kier molecular flexibility index (Phi) is 4.29. The summed E-state index contributed by atoms with van der Waals surface area (Å²) in [7, 11) is 0. The van der Waals surface area contributed by atoms with Crippen molar-refractivity contribution in [1.82, 2.24) is 4.98 Å². The number of anilines is 1. The first kappa shape index (κ1) is 15.1. The fourth-order valence-electron chi connectivity index (χ4n) is 1.49. The highest BCUT2D eigenvalue weighted by Gasteiger charge is 2.20. The molecule has 0 bridgehead atoms. The Hall–Kier alpha value is -2.32. The summed E-state index contributed by atoms with van der Waals surface area (Å²) in [6, 6.07) is 3.93. The van der Waals surface area contributed by atoms with Gasteiger partial charge in [0.05, 0.1) is 10.5 Å². The van der Waals surface area contributed by atoms with E-state index in [1.165, 1.54) is 30.5 Å². The first-order valence-corrected chi connectivity index (χ1v) is 6.86. The predicted octanol–water partition coefficient (Wildman–Crippen LogP) is 3.16. The Balaban J connectivity index is 2.26. The minimum atomic E-state index is -0.670. The van der Waals surface area contributed by atoms with E-state index < -0.39 is 10.8 Å². The Morgan fingerprint density at radius 1 is 1.43 bits per heavy atom. The van der Waals surface area contributed by atoms with Gasteiger partial charge in [-0.05, 0) is 6.07 Å². The molecule has 0 aliphatic carbocycles. The fourth-order valence-corrected chi connectivity index (χ4v) is 2.52. The summed E-state index contributed by atoms with van der Waals surface area (Å²) in [5.74, 6) is -0.853. The number of ketones is 1. The third kappa shape index (κ3) is 3.23. The van der Waals surface area contributed by atoms with E-state index in [0.717, 1.165) is 11.3 Å². The maximum atomic E-state index is 12.1. The molecule has 108 valence electrons. The first-order chi connectivity index (χ1) is 9.90. The average molecular weight is 326 g/mol. The van der Waals surface area contributed by atoms with Gasteiger partial charge in [-0.15, -0.1) is 11.3 Å². The molecule has 2 rings (SSSR count). The zero-order valence-corrected chi connectivity index (χ0v) is 12.2. The van der Waals surface area contributed by atoms with E-state index in [2.05, 4.69) is 10.3 Å². The first-order valence-electron chi connectivity index (χ1n) is 5.61. The molecule has 0 spiro atoms. The minimum absolute atomic E-state index is 0.0366. The van der Waals surface area contributed by atoms with Gasteiger partial charge in [-0.25, -0.2) is 4.98 Å². The van der Waals surface area contributed by atoms with Crippen molar-refractivity contribution in [2.75, 3.05) is 5.32 Å². The van der Waals surface area contributed by atoms with Crippen LogP contribution in [-0.2, 0) is 0 Å². The van der Waals surface area contributed by atoms with Crippen molar-refractivity contribution in [2.45, 2.75) is 6.92 Å². The van der Waals surface area contributed by atoms with Crippen LogP contribution in [0.15, 0.2) is 23.6 Å². The zero-order chi connectivity index (χ0) is 15.6. The van der Waals surface area contributed by atoms with Gasteiger partial charge >= 0.3 is 0 Å². The number of halogens is 1. The monoisotopic (exact) mass is 325 g/mol. The summed E-state index contributed by atoms with van der Waals surface area (Å²) in [5, 5.41) is 14.7. The summed E-state index contributed by atoms with van der Waals surface area (Å²) in [6.45, 7) is 1.36. The van der Waals surface area contributed by atoms with Crippen LogP contribution in [0.2, 0.25) is 5.02 Å².